The molecule has 1 atom stereocenters. The number of amides is 1. The average Bonchev–Trinajstić information content (AvgIpc) is 2.98. The van der Waals surface area contributed by atoms with E-state index < -0.39 is 4.33 Å². The van der Waals surface area contributed by atoms with Crippen molar-refractivity contribution in [1.82, 2.24) is 0 Å². The maximum atomic E-state index is 11.8. The van der Waals surface area contributed by atoms with Crippen molar-refractivity contribution in [2.45, 2.75) is 10.8 Å². The van der Waals surface area contributed by atoms with Crippen LogP contribution in [0.2, 0.25) is 0 Å². The van der Waals surface area contributed by atoms with Crippen LogP contribution in [0, 0.1) is 5.92 Å². The Balaban J connectivity index is 2.11. The van der Waals surface area contributed by atoms with Crippen molar-refractivity contribution in [3.63, 3.8) is 0 Å². The molecule has 0 saturated heterocycles. The van der Waals surface area contributed by atoms with Crippen molar-refractivity contribution in [3.05, 3.63) is 18.2 Å². The molecule has 1 aromatic carbocycles. The van der Waals surface area contributed by atoms with Gasteiger partial charge in [0.25, 0.3) is 0 Å². The number of rotatable bonds is 4. The number of hydrogen-bond acceptors (Lipinski definition) is 3. The Labute approximate surface area is 115 Å². The van der Waals surface area contributed by atoms with Crippen LogP contribution in [0.5, 0.6) is 11.5 Å². The summed E-state index contributed by atoms with van der Waals surface area (Å²) in [6.07, 6.45) is 0.475. The van der Waals surface area contributed by atoms with Crippen molar-refractivity contribution in [3.8, 4) is 11.5 Å². The zero-order valence-electron chi connectivity index (χ0n) is 10.00. The quantitative estimate of drug-likeness (QED) is 0.867. The van der Waals surface area contributed by atoms with Gasteiger partial charge in [-0.1, -0.05) is 0 Å². The van der Waals surface area contributed by atoms with Gasteiger partial charge in [0.2, 0.25) is 5.91 Å². The minimum atomic E-state index is -0.924. The molecule has 0 radical (unpaired) electrons. The summed E-state index contributed by atoms with van der Waals surface area (Å²) in [7, 11) is 3.09. The number of benzene rings is 1. The van der Waals surface area contributed by atoms with Gasteiger partial charge >= 0.3 is 0 Å². The molecule has 1 aliphatic carbocycles. The van der Waals surface area contributed by atoms with Gasteiger partial charge in [0.05, 0.1) is 20.1 Å². The highest BCUT2D eigenvalue weighted by molar-refractivity contribution is 6.52. The van der Waals surface area contributed by atoms with E-state index in [1.54, 1.807) is 32.4 Å². The molecular formula is C12H13Cl2NO3. The van der Waals surface area contributed by atoms with Crippen molar-refractivity contribution in [2.75, 3.05) is 19.5 Å². The molecule has 1 amide bonds. The van der Waals surface area contributed by atoms with Crippen LogP contribution in [0.15, 0.2) is 18.2 Å². The number of carbonyl (C=O) groups excluding carboxylic acids is 1. The summed E-state index contributed by atoms with van der Waals surface area (Å²) >= 11 is 11.7. The summed E-state index contributed by atoms with van der Waals surface area (Å²) < 4.78 is 9.30. The molecular weight excluding hydrogens is 277 g/mol. The van der Waals surface area contributed by atoms with Gasteiger partial charge in [-0.2, -0.15) is 0 Å². The summed E-state index contributed by atoms with van der Waals surface area (Å²) in [6, 6.07) is 5.13. The molecule has 0 aromatic heterocycles. The van der Waals surface area contributed by atoms with Gasteiger partial charge in [-0.05, 0) is 6.42 Å². The molecule has 1 aromatic rings. The normalized spacial score (nSPS) is 20.1. The smallest absolute Gasteiger partial charge is 0.230 e. The predicted octanol–water partition coefficient (Wildman–Crippen LogP) is 2.84. The lowest BCUT2D eigenvalue weighted by Gasteiger charge is -2.09. The maximum absolute atomic E-state index is 11.8. The summed E-state index contributed by atoms with van der Waals surface area (Å²) in [6.45, 7) is 0. The third kappa shape index (κ3) is 2.82. The first-order valence-electron chi connectivity index (χ1n) is 5.38. The standard InChI is InChI=1S/C12H13Cl2NO3/c1-17-8-3-7(4-9(5-8)18-2)15-11(16)10-6-12(10,13)14/h3-5,10H,6H2,1-2H3,(H,15,16). The average molecular weight is 290 g/mol. The third-order valence-corrected chi connectivity index (χ3v) is 3.60. The predicted molar refractivity (Wildman–Crippen MR) is 70.7 cm³/mol. The monoisotopic (exact) mass is 289 g/mol. The Morgan fingerprint density at radius 3 is 2.17 bits per heavy atom. The van der Waals surface area contributed by atoms with Crippen LogP contribution in [0.3, 0.4) is 0 Å². The molecule has 1 fully saturated rings. The Bertz CT molecular complexity index is 454. The Hall–Kier alpha value is -1.13. The van der Waals surface area contributed by atoms with Gasteiger partial charge in [-0.15, -0.1) is 23.2 Å². The SMILES string of the molecule is COc1cc(NC(=O)C2CC2(Cl)Cl)cc(OC)c1. The molecule has 0 spiro atoms. The number of halogens is 2. The molecule has 0 heterocycles. The Kier molecular flexibility index (Phi) is 3.59. The molecule has 2 rings (SSSR count). The van der Waals surface area contributed by atoms with Gasteiger partial charge in [0.1, 0.15) is 15.8 Å². The fourth-order valence-electron chi connectivity index (χ4n) is 1.61. The third-order valence-electron chi connectivity index (χ3n) is 2.76. The van der Waals surface area contributed by atoms with Crippen molar-refractivity contribution in [2.24, 2.45) is 5.92 Å². The van der Waals surface area contributed by atoms with E-state index in [0.29, 0.717) is 23.6 Å². The topological polar surface area (TPSA) is 47.6 Å². The van der Waals surface area contributed by atoms with Crippen molar-refractivity contribution >= 4 is 34.8 Å². The van der Waals surface area contributed by atoms with Crippen LogP contribution >= 0.6 is 23.2 Å². The molecule has 0 bridgehead atoms. The second-order valence-corrected chi connectivity index (χ2v) is 5.65. The van der Waals surface area contributed by atoms with Crippen molar-refractivity contribution in [1.29, 1.82) is 0 Å². The maximum Gasteiger partial charge on any atom is 0.230 e. The van der Waals surface area contributed by atoms with Gasteiger partial charge < -0.3 is 14.8 Å². The lowest BCUT2D eigenvalue weighted by molar-refractivity contribution is -0.117. The first-order valence-corrected chi connectivity index (χ1v) is 6.13. The van der Waals surface area contributed by atoms with Crippen LogP contribution in [-0.4, -0.2) is 24.5 Å². The van der Waals surface area contributed by atoms with Crippen LogP contribution < -0.4 is 14.8 Å². The van der Waals surface area contributed by atoms with Crippen LogP contribution in [0.4, 0.5) is 5.69 Å². The molecule has 1 aliphatic rings. The van der Waals surface area contributed by atoms with E-state index in [4.69, 9.17) is 32.7 Å². The lowest BCUT2D eigenvalue weighted by Crippen LogP contribution is -2.16. The first-order chi connectivity index (χ1) is 8.46. The molecule has 0 aliphatic heterocycles. The van der Waals surface area contributed by atoms with Gasteiger partial charge in [-0.25, -0.2) is 0 Å². The van der Waals surface area contributed by atoms with E-state index in [2.05, 4.69) is 5.32 Å². The first kappa shape index (κ1) is 13.3. The number of hydrogen-bond donors (Lipinski definition) is 1. The lowest BCUT2D eigenvalue weighted by atomic mass is 10.2. The molecule has 1 N–H and O–H groups in total. The number of ether oxygens (including phenoxy) is 2. The minimum Gasteiger partial charge on any atom is -0.497 e. The van der Waals surface area contributed by atoms with E-state index in [-0.39, 0.29) is 11.8 Å². The van der Waals surface area contributed by atoms with E-state index in [1.807, 2.05) is 0 Å². The number of anilines is 1. The highest BCUT2D eigenvalue weighted by Gasteiger charge is 2.56. The van der Waals surface area contributed by atoms with Crippen LogP contribution in [0.25, 0.3) is 0 Å². The van der Waals surface area contributed by atoms with E-state index in [0.717, 1.165) is 0 Å². The van der Waals surface area contributed by atoms with Gasteiger partial charge in [0.15, 0.2) is 0 Å². The largest absolute Gasteiger partial charge is 0.497 e. The van der Waals surface area contributed by atoms with E-state index >= 15 is 0 Å². The fraction of sp³-hybridized carbons (Fsp3) is 0.417. The number of carbonyl (C=O) groups is 1. The second kappa shape index (κ2) is 4.86. The fourth-order valence-corrected chi connectivity index (χ4v) is 2.11. The molecule has 18 heavy (non-hydrogen) atoms. The summed E-state index contributed by atoms with van der Waals surface area (Å²) in [5.41, 5.74) is 0.590. The van der Waals surface area contributed by atoms with Crippen LogP contribution in [0.1, 0.15) is 6.42 Å². The van der Waals surface area contributed by atoms with E-state index in [9.17, 15) is 4.79 Å². The summed E-state index contributed by atoms with van der Waals surface area (Å²) in [4.78, 5) is 11.8. The minimum absolute atomic E-state index is 0.199. The second-order valence-electron chi connectivity index (χ2n) is 4.11. The number of alkyl halides is 2. The molecule has 6 heteroatoms. The van der Waals surface area contributed by atoms with Gasteiger partial charge in [-0.3, -0.25) is 4.79 Å². The van der Waals surface area contributed by atoms with Crippen molar-refractivity contribution < 1.29 is 14.3 Å². The summed E-state index contributed by atoms with van der Waals surface area (Å²) in [5, 5.41) is 2.74. The Morgan fingerprint density at radius 2 is 1.78 bits per heavy atom. The Morgan fingerprint density at radius 1 is 1.28 bits per heavy atom. The molecule has 1 unspecified atom stereocenters. The number of methoxy groups -OCH3 is 2. The van der Waals surface area contributed by atoms with Gasteiger partial charge in [0, 0.05) is 23.9 Å². The summed E-state index contributed by atoms with van der Waals surface area (Å²) in [5.74, 6) is 0.639. The molecule has 1 saturated carbocycles. The highest BCUT2D eigenvalue weighted by Crippen LogP contribution is 2.53. The zero-order valence-corrected chi connectivity index (χ0v) is 11.5. The van der Waals surface area contributed by atoms with E-state index in [1.165, 1.54) is 0 Å². The highest BCUT2D eigenvalue weighted by atomic mass is 35.5. The number of nitrogens with one attached hydrogen (secondary N) is 1. The molecule has 98 valence electrons. The van der Waals surface area contributed by atoms with Crippen LogP contribution in [-0.2, 0) is 4.79 Å². The zero-order chi connectivity index (χ0) is 13.3. The molecule has 4 nitrogen and oxygen atoms in total.